The molecule has 1 fully saturated rings. The van der Waals surface area contributed by atoms with Crippen molar-refractivity contribution in [1.82, 2.24) is 4.90 Å². The molecular weight excluding hydrogens is 332 g/mol. The number of alkyl halides is 1. The molecule has 0 spiro atoms. The number of nitrogens with zero attached hydrogens (tertiary/aromatic N) is 1. The SMILES string of the molecule is C[C@H](C(=O)C[C@@H]1Cc2ccccc2[C@H]1N1CC(F)C1)c1ccc(F)cc1. The zero-order chi connectivity index (χ0) is 18.3. The van der Waals surface area contributed by atoms with E-state index in [9.17, 15) is 13.6 Å². The van der Waals surface area contributed by atoms with Crippen molar-refractivity contribution in [2.45, 2.75) is 37.9 Å². The number of benzene rings is 2. The number of carbonyl (C=O) groups excluding carboxylic acids is 1. The van der Waals surface area contributed by atoms with E-state index in [1.165, 1.54) is 23.3 Å². The Kier molecular flexibility index (Phi) is 4.62. The zero-order valence-electron chi connectivity index (χ0n) is 14.9. The molecule has 0 unspecified atom stereocenters. The third-order valence-corrected chi connectivity index (χ3v) is 5.88. The third kappa shape index (κ3) is 3.18. The topological polar surface area (TPSA) is 20.3 Å². The van der Waals surface area contributed by atoms with Gasteiger partial charge in [0.2, 0.25) is 0 Å². The van der Waals surface area contributed by atoms with Crippen LogP contribution in [0.1, 0.15) is 42.0 Å². The molecule has 0 saturated carbocycles. The van der Waals surface area contributed by atoms with E-state index in [-0.39, 0.29) is 29.5 Å². The Balaban J connectivity index is 1.51. The van der Waals surface area contributed by atoms with Crippen LogP contribution in [0.2, 0.25) is 0 Å². The molecule has 3 atom stereocenters. The molecule has 4 rings (SSSR count). The molecule has 4 heteroatoms. The number of hydrogen-bond acceptors (Lipinski definition) is 2. The van der Waals surface area contributed by atoms with E-state index in [2.05, 4.69) is 17.0 Å². The van der Waals surface area contributed by atoms with E-state index in [0.717, 1.165) is 12.0 Å². The van der Waals surface area contributed by atoms with Crippen molar-refractivity contribution < 1.29 is 13.6 Å². The predicted molar refractivity (Wildman–Crippen MR) is 97.3 cm³/mol. The van der Waals surface area contributed by atoms with Gasteiger partial charge in [-0.25, -0.2) is 8.78 Å². The normalized spacial score (nSPS) is 24.1. The van der Waals surface area contributed by atoms with Crippen LogP contribution in [0.3, 0.4) is 0 Å². The minimum absolute atomic E-state index is 0.127. The Morgan fingerprint density at radius 3 is 2.54 bits per heavy atom. The fourth-order valence-corrected chi connectivity index (χ4v) is 4.39. The van der Waals surface area contributed by atoms with Gasteiger partial charge in [0.25, 0.3) is 0 Å². The quantitative estimate of drug-likeness (QED) is 0.789. The first-order valence-electron chi connectivity index (χ1n) is 9.27. The Bertz CT molecular complexity index is 798. The summed E-state index contributed by atoms with van der Waals surface area (Å²) < 4.78 is 26.6. The van der Waals surface area contributed by atoms with Gasteiger partial charge in [0.15, 0.2) is 0 Å². The second-order valence-corrected chi connectivity index (χ2v) is 7.60. The minimum atomic E-state index is -0.753. The maximum atomic E-state index is 13.4. The molecule has 1 aliphatic carbocycles. The van der Waals surface area contributed by atoms with Crippen molar-refractivity contribution >= 4 is 5.78 Å². The summed E-state index contributed by atoms with van der Waals surface area (Å²) in [7, 11) is 0. The van der Waals surface area contributed by atoms with Gasteiger partial charge >= 0.3 is 0 Å². The van der Waals surface area contributed by atoms with Crippen LogP contribution in [0.5, 0.6) is 0 Å². The van der Waals surface area contributed by atoms with Crippen LogP contribution in [-0.4, -0.2) is 29.9 Å². The Hall–Kier alpha value is -2.07. The van der Waals surface area contributed by atoms with Gasteiger partial charge in [0.1, 0.15) is 17.8 Å². The van der Waals surface area contributed by atoms with Gasteiger partial charge in [0, 0.05) is 31.5 Å². The first-order valence-corrected chi connectivity index (χ1v) is 9.27. The smallest absolute Gasteiger partial charge is 0.140 e. The minimum Gasteiger partial charge on any atom is -0.299 e. The predicted octanol–water partition coefficient (Wildman–Crippen LogP) is 4.46. The van der Waals surface area contributed by atoms with Crippen LogP contribution in [0.15, 0.2) is 48.5 Å². The van der Waals surface area contributed by atoms with Crippen LogP contribution in [0.4, 0.5) is 8.78 Å². The molecular formula is C22H23F2NO. The Morgan fingerprint density at radius 2 is 1.85 bits per heavy atom. The van der Waals surface area contributed by atoms with Gasteiger partial charge in [-0.1, -0.05) is 43.3 Å². The number of rotatable bonds is 5. The number of Topliss-reactive ketones (excluding diaryl/α,β-unsaturated/α-hetero) is 1. The lowest BCUT2D eigenvalue weighted by Gasteiger charge is -2.42. The second-order valence-electron chi connectivity index (χ2n) is 7.60. The average molecular weight is 355 g/mol. The number of hydrogen-bond donors (Lipinski definition) is 0. The Labute approximate surface area is 152 Å². The highest BCUT2D eigenvalue weighted by molar-refractivity contribution is 5.85. The number of fused-ring (bicyclic) bond motifs is 1. The number of halogens is 2. The van der Waals surface area contributed by atoms with Crippen LogP contribution < -0.4 is 0 Å². The van der Waals surface area contributed by atoms with Gasteiger partial charge in [-0.2, -0.15) is 0 Å². The summed E-state index contributed by atoms with van der Waals surface area (Å²) in [4.78, 5) is 15.1. The van der Waals surface area contributed by atoms with Crippen LogP contribution in [-0.2, 0) is 11.2 Å². The Morgan fingerprint density at radius 1 is 1.15 bits per heavy atom. The standard InChI is InChI=1S/C22H23F2NO/c1-14(15-6-8-18(23)9-7-15)21(26)11-17-10-16-4-2-3-5-20(16)22(17)25-12-19(24)13-25/h2-9,14,17,19,22H,10-13H2,1H3/t14-,17-,22-/m0/s1. The van der Waals surface area contributed by atoms with Crippen molar-refractivity contribution in [3.8, 4) is 0 Å². The van der Waals surface area contributed by atoms with Crippen molar-refractivity contribution in [3.63, 3.8) is 0 Å². The molecule has 2 aromatic carbocycles. The summed E-state index contributed by atoms with van der Waals surface area (Å²) in [6.07, 6.45) is 0.568. The van der Waals surface area contributed by atoms with E-state index in [1.807, 2.05) is 19.1 Å². The van der Waals surface area contributed by atoms with Gasteiger partial charge in [-0.05, 0) is 41.2 Å². The zero-order valence-corrected chi connectivity index (χ0v) is 14.9. The highest BCUT2D eigenvalue weighted by Crippen LogP contribution is 2.44. The first-order chi connectivity index (χ1) is 12.5. The molecule has 2 nitrogen and oxygen atoms in total. The van der Waals surface area contributed by atoms with Gasteiger partial charge in [0.05, 0.1) is 0 Å². The molecule has 2 aromatic rings. The summed E-state index contributed by atoms with van der Waals surface area (Å²) in [6.45, 7) is 2.79. The molecule has 1 saturated heterocycles. The number of likely N-dealkylation sites (tertiary alicyclic amines) is 1. The average Bonchev–Trinajstić information content (AvgIpc) is 2.96. The lowest BCUT2D eigenvalue weighted by molar-refractivity contribution is -0.121. The number of ketones is 1. The van der Waals surface area contributed by atoms with Crippen LogP contribution >= 0.6 is 0 Å². The van der Waals surface area contributed by atoms with Crippen molar-refractivity contribution in [3.05, 3.63) is 71.0 Å². The highest BCUT2D eigenvalue weighted by atomic mass is 19.1. The van der Waals surface area contributed by atoms with Gasteiger partial charge < -0.3 is 0 Å². The van der Waals surface area contributed by atoms with Crippen molar-refractivity contribution in [2.75, 3.05) is 13.1 Å². The van der Waals surface area contributed by atoms with Crippen molar-refractivity contribution in [1.29, 1.82) is 0 Å². The molecule has 0 aromatic heterocycles. The van der Waals surface area contributed by atoms with E-state index < -0.39 is 6.17 Å². The summed E-state index contributed by atoms with van der Waals surface area (Å²) >= 11 is 0. The molecule has 0 radical (unpaired) electrons. The monoisotopic (exact) mass is 355 g/mol. The van der Waals surface area contributed by atoms with Crippen LogP contribution in [0, 0.1) is 11.7 Å². The van der Waals surface area contributed by atoms with Gasteiger partial charge in [-0.3, -0.25) is 9.69 Å². The summed E-state index contributed by atoms with van der Waals surface area (Å²) in [5.74, 6) is -0.212. The molecule has 1 heterocycles. The molecule has 0 N–H and O–H groups in total. The van der Waals surface area contributed by atoms with Crippen LogP contribution in [0.25, 0.3) is 0 Å². The largest absolute Gasteiger partial charge is 0.299 e. The summed E-state index contributed by atoms with van der Waals surface area (Å²) in [5.41, 5.74) is 3.36. The summed E-state index contributed by atoms with van der Waals surface area (Å²) in [6, 6.07) is 14.6. The maximum Gasteiger partial charge on any atom is 0.140 e. The third-order valence-electron chi connectivity index (χ3n) is 5.88. The molecule has 136 valence electrons. The van der Waals surface area contributed by atoms with E-state index in [4.69, 9.17) is 0 Å². The van der Waals surface area contributed by atoms with Crippen molar-refractivity contribution in [2.24, 2.45) is 5.92 Å². The fourth-order valence-electron chi connectivity index (χ4n) is 4.39. The second kappa shape index (κ2) is 6.92. The fraction of sp³-hybridized carbons (Fsp3) is 0.409. The molecule has 1 aliphatic heterocycles. The van der Waals surface area contributed by atoms with E-state index in [0.29, 0.717) is 19.5 Å². The molecule has 2 aliphatic rings. The lowest BCUT2D eigenvalue weighted by atomic mass is 9.86. The van der Waals surface area contributed by atoms with Gasteiger partial charge in [-0.15, -0.1) is 0 Å². The number of carbonyl (C=O) groups is 1. The molecule has 26 heavy (non-hydrogen) atoms. The maximum absolute atomic E-state index is 13.4. The molecule has 0 bridgehead atoms. The lowest BCUT2D eigenvalue weighted by Crippen LogP contribution is -2.51. The highest BCUT2D eigenvalue weighted by Gasteiger charge is 2.42. The van der Waals surface area contributed by atoms with E-state index in [1.54, 1.807) is 12.1 Å². The van der Waals surface area contributed by atoms with E-state index >= 15 is 0 Å². The first kappa shape index (κ1) is 17.3. The molecule has 0 amide bonds. The summed E-state index contributed by atoms with van der Waals surface area (Å²) in [5, 5.41) is 0.